The molecule has 1 fully saturated rings. The molecule has 1 saturated heterocycles. The van der Waals surface area contributed by atoms with E-state index in [1.165, 1.54) is 7.05 Å². The van der Waals surface area contributed by atoms with Gasteiger partial charge in [0.15, 0.2) is 0 Å². The van der Waals surface area contributed by atoms with Crippen LogP contribution in [0.15, 0.2) is 0 Å². The normalized spacial score (nSPS) is 21.4. The van der Waals surface area contributed by atoms with Crippen molar-refractivity contribution in [3.8, 4) is 0 Å². The third kappa shape index (κ3) is 1.65. The van der Waals surface area contributed by atoms with E-state index >= 15 is 0 Å². The molecule has 1 N–H and O–H groups in total. The molecule has 0 spiro atoms. The smallest absolute Gasteiger partial charge is 0.336 e. The second-order valence-electron chi connectivity index (χ2n) is 2.92. The van der Waals surface area contributed by atoms with E-state index in [1.54, 1.807) is 6.92 Å². The fourth-order valence-corrected chi connectivity index (χ4v) is 1.53. The Labute approximate surface area is 85.8 Å². The van der Waals surface area contributed by atoms with Gasteiger partial charge in [0, 0.05) is 7.05 Å². The number of carbonyl (C=O) groups excluding carboxylic acids is 3. The molecule has 7 heteroatoms. The van der Waals surface area contributed by atoms with Crippen LogP contribution in [0.25, 0.3) is 0 Å². The SMILES string of the molecule is CNC(=O)N1CC(C)N(C(=O)Cl)C1=O. The first-order valence-corrected chi connectivity index (χ1v) is 4.38. The van der Waals surface area contributed by atoms with Crippen molar-refractivity contribution in [3.63, 3.8) is 0 Å². The average Bonchev–Trinajstić information content (AvgIpc) is 2.40. The zero-order valence-corrected chi connectivity index (χ0v) is 8.54. The number of imide groups is 2. The molecular formula is C7H10ClN3O3. The van der Waals surface area contributed by atoms with Crippen LogP contribution in [0.1, 0.15) is 6.92 Å². The van der Waals surface area contributed by atoms with Crippen molar-refractivity contribution in [2.24, 2.45) is 0 Å². The van der Waals surface area contributed by atoms with Gasteiger partial charge < -0.3 is 5.32 Å². The number of hydrogen-bond acceptors (Lipinski definition) is 3. The molecule has 1 heterocycles. The molecular weight excluding hydrogens is 210 g/mol. The quantitative estimate of drug-likeness (QED) is 0.484. The van der Waals surface area contributed by atoms with Crippen LogP contribution in [0.2, 0.25) is 0 Å². The number of nitrogens with zero attached hydrogens (tertiary/aromatic N) is 2. The summed E-state index contributed by atoms with van der Waals surface area (Å²) in [6.07, 6.45) is 0. The molecule has 0 aromatic heterocycles. The summed E-state index contributed by atoms with van der Waals surface area (Å²) in [5.74, 6) is 0. The summed E-state index contributed by atoms with van der Waals surface area (Å²) in [7, 11) is 1.41. The Morgan fingerprint density at radius 2 is 2.14 bits per heavy atom. The van der Waals surface area contributed by atoms with Gasteiger partial charge in [-0.05, 0) is 18.5 Å². The molecule has 1 aliphatic rings. The minimum absolute atomic E-state index is 0.164. The predicted octanol–water partition coefficient (Wildman–Crippen LogP) is 0.811. The Kier molecular flexibility index (Phi) is 2.95. The molecule has 1 atom stereocenters. The van der Waals surface area contributed by atoms with Gasteiger partial charge >= 0.3 is 17.4 Å². The highest BCUT2D eigenvalue weighted by Crippen LogP contribution is 2.17. The van der Waals surface area contributed by atoms with Crippen LogP contribution in [0, 0.1) is 0 Å². The summed E-state index contributed by atoms with van der Waals surface area (Å²) in [6, 6.07) is -1.61. The topological polar surface area (TPSA) is 69.7 Å². The van der Waals surface area contributed by atoms with Crippen molar-refractivity contribution in [2.75, 3.05) is 13.6 Å². The lowest BCUT2D eigenvalue weighted by atomic mass is 10.3. The minimum Gasteiger partial charge on any atom is -0.341 e. The van der Waals surface area contributed by atoms with Crippen molar-refractivity contribution in [3.05, 3.63) is 0 Å². The van der Waals surface area contributed by atoms with Gasteiger partial charge in [-0.3, -0.25) is 4.79 Å². The summed E-state index contributed by atoms with van der Waals surface area (Å²) < 4.78 is 0. The van der Waals surface area contributed by atoms with Crippen molar-refractivity contribution in [2.45, 2.75) is 13.0 Å². The van der Waals surface area contributed by atoms with Crippen molar-refractivity contribution >= 4 is 29.0 Å². The predicted molar refractivity (Wildman–Crippen MR) is 49.1 cm³/mol. The summed E-state index contributed by atoms with van der Waals surface area (Å²) in [4.78, 5) is 35.2. The maximum Gasteiger partial charge on any atom is 0.336 e. The van der Waals surface area contributed by atoms with Gasteiger partial charge in [0.2, 0.25) is 0 Å². The van der Waals surface area contributed by atoms with Crippen molar-refractivity contribution < 1.29 is 14.4 Å². The van der Waals surface area contributed by atoms with E-state index in [0.717, 1.165) is 9.80 Å². The Balaban J connectivity index is 2.84. The first-order valence-electron chi connectivity index (χ1n) is 4.01. The van der Waals surface area contributed by atoms with Gasteiger partial charge in [0.25, 0.3) is 0 Å². The van der Waals surface area contributed by atoms with Crippen molar-refractivity contribution in [1.82, 2.24) is 15.1 Å². The molecule has 0 aromatic rings. The van der Waals surface area contributed by atoms with Crippen LogP contribution < -0.4 is 5.32 Å². The third-order valence-electron chi connectivity index (χ3n) is 1.97. The van der Waals surface area contributed by atoms with E-state index in [9.17, 15) is 14.4 Å². The number of hydrogen-bond donors (Lipinski definition) is 1. The summed E-state index contributed by atoms with van der Waals surface area (Å²) in [6.45, 7) is 1.80. The molecule has 1 unspecified atom stereocenters. The molecule has 0 bridgehead atoms. The van der Waals surface area contributed by atoms with E-state index in [0.29, 0.717) is 0 Å². The number of nitrogens with one attached hydrogen (secondary N) is 1. The summed E-state index contributed by atoms with van der Waals surface area (Å²) in [5, 5.41) is 1.44. The van der Waals surface area contributed by atoms with Gasteiger partial charge in [-0.2, -0.15) is 0 Å². The number of carbonyl (C=O) groups is 3. The summed E-state index contributed by atoms with van der Waals surface area (Å²) in [5.41, 5.74) is 0. The van der Waals surface area contributed by atoms with Crippen LogP contribution in [0.3, 0.4) is 0 Å². The fourth-order valence-electron chi connectivity index (χ4n) is 1.30. The lowest BCUT2D eigenvalue weighted by molar-refractivity contribution is 0.186. The second-order valence-corrected chi connectivity index (χ2v) is 3.24. The standard InChI is InChI=1S/C7H10ClN3O3/c1-4-3-10(6(13)9-2)7(14)11(4)5(8)12/h4H,3H2,1-2H3,(H,9,13). The molecule has 0 radical (unpaired) electrons. The molecule has 14 heavy (non-hydrogen) atoms. The lowest BCUT2D eigenvalue weighted by Gasteiger charge is -2.14. The maximum atomic E-state index is 11.4. The first-order chi connectivity index (χ1) is 6.49. The van der Waals surface area contributed by atoms with E-state index in [2.05, 4.69) is 5.32 Å². The Hall–Kier alpha value is -1.30. The van der Waals surface area contributed by atoms with Crippen LogP contribution in [0.5, 0.6) is 0 Å². The highest BCUT2D eigenvalue weighted by molar-refractivity contribution is 6.64. The van der Waals surface area contributed by atoms with Crippen LogP contribution in [-0.4, -0.2) is 46.9 Å². The molecule has 78 valence electrons. The highest BCUT2D eigenvalue weighted by atomic mass is 35.5. The molecule has 1 aliphatic heterocycles. The molecule has 6 nitrogen and oxygen atoms in total. The van der Waals surface area contributed by atoms with E-state index in [1.807, 2.05) is 0 Å². The third-order valence-corrected chi connectivity index (χ3v) is 2.16. The molecule has 0 aliphatic carbocycles. The van der Waals surface area contributed by atoms with Crippen molar-refractivity contribution in [1.29, 1.82) is 0 Å². The number of amides is 5. The van der Waals surface area contributed by atoms with Gasteiger partial charge in [-0.25, -0.2) is 19.4 Å². The zero-order valence-electron chi connectivity index (χ0n) is 7.78. The second kappa shape index (κ2) is 3.83. The lowest BCUT2D eigenvalue weighted by Crippen LogP contribution is -2.41. The van der Waals surface area contributed by atoms with E-state index in [-0.39, 0.29) is 12.6 Å². The number of halogens is 1. The summed E-state index contributed by atoms with van der Waals surface area (Å²) >= 11 is 5.19. The minimum atomic E-state index is -0.867. The Morgan fingerprint density at radius 3 is 2.50 bits per heavy atom. The van der Waals surface area contributed by atoms with E-state index < -0.39 is 17.4 Å². The zero-order chi connectivity index (χ0) is 10.9. The van der Waals surface area contributed by atoms with Crippen LogP contribution >= 0.6 is 11.6 Å². The van der Waals surface area contributed by atoms with Gasteiger partial charge in [0.1, 0.15) is 0 Å². The molecule has 1 rings (SSSR count). The van der Waals surface area contributed by atoms with Gasteiger partial charge in [0.05, 0.1) is 12.6 Å². The molecule has 0 saturated carbocycles. The number of rotatable bonds is 0. The van der Waals surface area contributed by atoms with Crippen LogP contribution in [-0.2, 0) is 0 Å². The van der Waals surface area contributed by atoms with Crippen LogP contribution in [0.4, 0.5) is 14.4 Å². The monoisotopic (exact) mass is 219 g/mol. The first kappa shape index (κ1) is 10.8. The highest BCUT2D eigenvalue weighted by Gasteiger charge is 2.41. The Morgan fingerprint density at radius 1 is 1.57 bits per heavy atom. The van der Waals surface area contributed by atoms with Gasteiger partial charge in [-0.15, -0.1) is 0 Å². The molecule has 0 aromatic carbocycles. The largest absolute Gasteiger partial charge is 0.341 e. The van der Waals surface area contributed by atoms with Gasteiger partial charge in [-0.1, -0.05) is 0 Å². The molecule has 5 amide bonds. The maximum absolute atomic E-state index is 11.4. The number of urea groups is 2. The Bertz CT molecular complexity index is 294. The van der Waals surface area contributed by atoms with E-state index in [4.69, 9.17) is 11.6 Å². The fraction of sp³-hybridized carbons (Fsp3) is 0.571. The average molecular weight is 220 g/mol.